The molecule has 100 valence electrons. The first-order valence-corrected chi connectivity index (χ1v) is 5.97. The SMILES string of the molecule is CCCN1CCNC(CC(=O)NCC)C1=O.Cl. The van der Waals surface area contributed by atoms with Gasteiger partial charge in [-0.3, -0.25) is 9.59 Å². The zero-order chi connectivity index (χ0) is 12.0. The average molecular weight is 264 g/mol. The van der Waals surface area contributed by atoms with Gasteiger partial charge in [-0.25, -0.2) is 0 Å². The van der Waals surface area contributed by atoms with Crippen LogP contribution >= 0.6 is 12.4 Å². The summed E-state index contributed by atoms with van der Waals surface area (Å²) in [5.74, 6) is -0.00829. The van der Waals surface area contributed by atoms with Crippen molar-refractivity contribution in [3.63, 3.8) is 0 Å². The molecule has 1 saturated heterocycles. The van der Waals surface area contributed by atoms with E-state index in [1.165, 1.54) is 0 Å². The van der Waals surface area contributed by atoms with Crippen LogP contribution in [0.4, 0.5) is 0 Å². The Labute approximate surface area is 109 Å². The molecule has 1 rings (SSSR count). The third-order valence-electron chi connectivity index (χ3n) is 2.64. The van der Waals surface area contributed by atoms with Crippen LogP contribution in [-0.2, 0) is 9.59 Å². The smallest absolute Gasteiger partial charge is 0.240 e. The minimum absolute atomic E-state index is 0. The summed E-state index contributed by atoms with van der Waals surface area (Å²) in [5, 5.41) is 5.81. The molecule has 17 heavy (non-hydrogen) atoms. The second-order valence-corrected chi connectivity index (χ2v) is 3.99. The number of rotatable bonds is 5. The van der Waals surface area contributed by atoms with E-state index in [9.17, 15) is 9.59 Å². The van der Waals surface area contributed by atoms with Gasteiger partial charge in [0.1, 0.15) is 0 Å². The van der Waals surface area contributed by atoms with Gasteiger partial charge in [0.15, 0.2) is 0 Å². The van der Waals surface area contributed by atoms with Crippen molar-refractivity contribution < 1.29 is 9.59 Å². The predicted molar refractivity (Wildman–Crippen MR) is 69.2 cm³/mol. The molecular formula is C11H22ClN3O2. The highest BCUT2D eigenvalue weighted by atomic mass is 35.5. The van der Waals surface area contributed by atoms with E-state index in [4.69, 9.17) is 0 Å². The fourth-order valence-corrected chi connectivity index (χ4v) is 1.90. The van der Waals surface area contributed by atoms with Gasteiger partial charge in [0.2, 0.25) is 11.8 Å². The van der Waals surface area contributed by atoms with Crippen molar-refractivity contribution >= 4 is 24.2 Å². The second-order valence-electron chi connectivity index (χ2n) is 3.99. The van der Waals surface area contributed by atoms with E-state index in [0.717, 1.165) is 26.1 Å². The highest BCUT2D eigenvalue weighted by Gasteiger charge is 2.29. The maximum atomic E-state index is 11.9. The zero-order valence-electron chi connectivity index (χ0n) is 10.5. The molecule has 1 aliphatic heterocycles. The molecule has 0 radical (unpaired) electrons. The number of hydrogen-bond donors (Lipinski definition) is 2. The first-order chi connectivity index (χ1) is 7.69. The third-order valence-corrected chi connectivity index (χ3v) is 2.64. The standard InChI is InChI=1S/C11H21N3O2.ClH/c1-3-6-14-7-5-13-9(11(14)16)8-10(15)12-4-2;/h9,13H,3-8H2,1-2H3,(H,12,15);1H. The van der Waals surface area contributed by atoms with Crippen molar-refractivity contribution in [1.82, 2.24) is 15.5 Å². The lowest BCUT2D eigenvalue weighted by molar-refractivity contribution is -0.138. The number of amides is 2. The number of nitrogens with one attached hydrogen (secondary N) is 2. The van der Waals surface area contributed by atoms with E-state index in [0.29, 0.717) is 6.54 Å². The quantitative estimate of drug-likeness (QED) is 0.742. The summed E-state index contributed by atoms with van der Waals surface area (Å²) in [4.78, 5) is 25.2. The molecule has 1 unspecified atom stereocenters. The van der Waals surface area contributed by atoms with Crippen LogP contribution in [0.25, 0.3) is 0 Å². The summed E-state index contributed by atoms with van der Waals surface area (Å²) in [6.45, 7) is 6.84. The highest BCUT2D eigenvalue weighted by Crippen LogP contribution is 2.05. The van der Waals surface area contributed by atoms with Gasteiger partial charge in [-0.15, -0.1) is 12.4 Å². The Balaban J connectivity index is 0.00000256. The topological polar surface area (TPSA) is 61.4 Å². The van der Waals surface area contributed by atoms with Crippen LogP contribution in [-0.4, -0.2) is 48.9 Å². The number of halogens is 1. The molecule has 0 aromatic heterocycles. The summed E-state index contributed by atoms with van der Waals surface area (Å²) >= 11 is 0. The van der Waals surface area contributed by atoms with Crippen LogP contribution in [0.2, 0.25) is 0 Å². The van der Waals surface area contributed by atoms with Gasteiger partial charge in [0.25, 0.3) is 0 Å². The lowest BCUT2D eigenvalue weighted by Gasteiger charge is -2.32. The molecule has 2 amide bonds. The van der Waals surface area contributed by atoms with Crippen LogP contribution in [0, 0.1) is 0 Å². The van der Waals surface area contributed by atoms with Crippen LogP contribution in [0.15, 0.2) is 0 Å². The van der Waals surface area contributed by atoms with Crippen LogP contribution < -0.4 is 10.6 Å². The highest BCUT2D eigenvalue weighted by molar-refractivity contribution is 5.88. The summed E-state index contributed by atoms with van der Waals surface area (Å²) in [6, 6.07) is -0.341. The van der Waals surface area contributed by atoms with Gasteiger partial charge in [0.05, 0.1) is 12.5 Å². The summed E-state index contributed by atoms with van der Waals surface area (Å²) < 4.78 is 0. The molecule has 0 saturated carbocycles. The molecule has 1 fully saturated rings. The fraction of sp³-hybridized carbons (Fsp3) is 0.818. The number of carbonyl (C=O) groups is 2. The first-order valence-electron chi connectivity index (χ1n) is 5.97. The molecule has 0 bridgehead atoms. The Morgan fingerprint density at radius 3 is 2.82 bits per heavy atom. The molecule has 5 nitrogen and oxygen atoms in total. The number of nitrogens with zero attached hydrogens (tertiary/aromatic N) is 1. The van der Waals surface area contributed by atoms with Gasteiger partial charge in [0, 0.05) is 26.2 Å². The van der Waals surface area contributed by atoms with E-state index in [1.807, 2.05) is 18.7 Å². The van der Waals surface area contributed by atoms with E-state index in [1.54, 1.807) is 0 Å². The molecular weight excluding hydrogens is 242 g/mol. The molecule has 0 aromatic rings. The van der Waals surface area contributed by atoms with Crippen molar-refractivity contribution in [2.75, 3.05) is 26.2 Å². The molecule has 0 spiro atoms. The van der Waals surface area contributed by atoms with E-state index >= 15 is 0 Å². The lowest BCUT2D eigenvalue weighted by Crippen LogP contribution is -2.56. The largest absolute Gasteiger partial charge is 0.356 e. The number of piperazine rings is 1. The predicted octanol–water partition coefficient (Wildman–Crippen LogP) is 0.145. The van der Waals surface area contributed by atoms with Crippen molar-refractivity contribution in [1.29, 1.82) is 0 Å². The average Bonchev–Trinajstić information content (AvgIpc) is 2.24. The monoisotopic (exact) mass is 263 g/mol. The number of hydrogen-bond acceptors (Lipinski definition) is 3. The molecule has 1 atom stereocenters. The van der Waals surface area contributed by atoms with Crippen LogP contribution in [0.3, 0.4) is 0 Å². The Hall–Kier alpha value is -0.810. The molecule has 2 N–H and O–H groups in total. The molecule has 6 heteroatoms. The summed E-state index contributed by atoms with van der Waals surface area (Å²) in [7, 11) is 0. The van der Waals surface area contributed by atoms with Crippen molar-refractivity contribution in [2.24, 2.45) is 0 Å². The molecule has 0 aromatic carbocycles. The number of carbonyl (C=O) groups excluding carboxylic acids is 2. The van der Waals surface area contributed by atoms with Crippen LogP contribution in [0.1, 0.15) is 26.7 Å². The maximum Gasteiger partial charge on any atom is 0.240 e. The van der Waals surface area contributed by atoms with Gasteiger partial charge in [-0.2, -0.15) is 0 Å². The molecule has 1 heterocycles. The van der Waals surface area contributed by atoms with E-state index < -0.39 is 0 Å². The normalized spacial score (nSPS) is 19.8. The third kappa shape index (κ3) is 4.91. The van der Waals surface area contributed by atoms with Gasteiger partial charge < -0.3 is 15.5 Å². The van der Waals surface area contributed by atoms with Crippen LogP contribution in [0.5, 0.6) is 0 Å². The van der Waals surface area contributed by atoms with Gasteiger partial charge in [-0.05, 0) is 13.3 Å². The van der Waals surface area contributed by atoms with Gasteiger partial charge in [-0.1, -0.05) is 6.92 Å². The molecule has 1 aliphatic rings. The summed E-state index contributed by atoms with van der Waals surface area (Å²) in [6.07, 6.45) is 1.20. The first kappa shape index (κ1) is 16.2. The van der Waals surface area contributed by atoms with Crippen molar-refractivity contribution in [2.45, 2.75) is 32.7 Å². The minimum Gasteiger partial charge on any atom is -0.356 e. The van der Waals surface area contributed by atoms with Crippen molar-refractivity contribution in [3.05, 3.63) is 0 Å². The van der Waals surface area contributed by atoms with Crippen molar-refractivity contribution in [3.8, 4) is 0 Å². The second kappa shape index (κ2) is 8.31. The Bertz CT molecular complexity index is 259. The molecule has 0 aliphatic carbocycles. The Kier molecular flexibility index (Phi) is 7.91. The maximum absolute atomic E-state index is 11.9. The van der Waals surface area contributed by atoms with Gasteiger partial charge >= 0.3 is 0 Å². The van der Waals surface area contributed by atoms with E-state index in [2.05, 4.69) is 10.6 Å². The lowest BCUT2D eigenvalue weighted by atomic mass is 10.1. The fourth-order valence-electron chi connectivity index (χ4n) is 1.90. The zero-order valence-corrected chi connectivity index (χ0v) is 11.3. The minimum atomic E-state index is -0.341. The summed E-state index contributed by atoms with van der Waals surface area (Å²) in [5.41, 5.74) is 0. The Morgan fingerprint density at radius 1 is 1.53 bits per heavy atom. The Morgan fingerprint density at radius 2 is 2.24 bits per heavy atom. The van der Waals surface area contributed by atoms with E-state index in [-0.39, 0.29) is 36.7 Å².